The zero-order valence-corrected chi connectivity index (χ0v) is 21.0. The molecule has 4 heterocycles. The third-order valence-electron chi connectivity index (χ3n) is 7.02. The van der Waals surface area contributed by atoms with Gasteiger partial charge in [0.15, 0.2) is 5.82 Å². The summed E-state index contributed by atoms with van der Waals surface area (Å²) < 4.78 is 13.0. The number of ether oxygens (including phenoxy) is 1. The van der Waals surface area contributed by atoms with Crippen molar-refractivity contribution in [3.63, 3.8) is 0 Å². The van der Waals surface area contributed by atoms with Crippen LogP contribution in [0.25, 0.3) is 17.1 Å². The molecule has 188 valence electrons. The summed E-state index contributed by atoms with van der Waals surface area (Å²) in [6.07, 6.45) is 6.94. The summed E-state index contributed by atoms with van der Waals surface area (Å²) in [5.41, 5.74) is 2.06. The van der Waals surface area contributed by atoms with Crippen molar-refractivity contribution in [1.82, 2.24) is 29.6 Å². The third-order valence-corrected chi connectivity index (χ3v) is 7.02. The minimum Gasteiger partial charge on any atom is -0.444 e. The highest BCUT2D eigenvalue weighted by Crippen LogP contribution is 2.34. The topological polar surface area (TPSA) is 119 Å². The highest BCUT2D eigenvalue weighted by molar-refractivity contribution is 5.74. The Labute approximate surface area is 204 Å². The largest absolute Gasteiger partial charge is 0.444 e. The smallest absolute Gasteiger partial charge is 0.410 e. The van der Waals surface area contributed by atoms with Crippen molar-refractivity contribution in [2.75, 3.05) is 13.1 Å². The van der Waals surface area contributed by atoms with Gasteiger partial charge in [0.1, 0.15) is 16.8 Å². The molecule has 3 aromatic rings. The molecule has 0 atom stereocenters. The Bertz CT molecular complexity index is 1270. The summed E-state index contributed by atoms with van der Waals surface area (Å²) in [5.74, 6) is 1.55. The quantitative estimate of drug-likeness (QED) is 0.582. The van der Waals surface area contributed by atoms with Crippen LogP contribution < -0.4 is 5.56 Å². The minimum atomic E-state index is -0.526. The number of hydrogen-bond acceptors (Lipinski definition) is 7. The molecule has 1 saturated carbocycles. The van der Waals surface area contributed by atoms with Gasteiger partial charge in [-0.2, -0.15) is 10.1 Å². The normalized spacial score (nSPS) is 18.3. The van der Waals surface area contributed by atoms with E-state index in [0.29, 0.717) is 36.1 Å². The molecule has 1 aliphatic heterocycles. The number of likely N-dealkylation sites (tertiary alicyclic amines) is 1. The van der Waals surface area contributed by atoms with Gasteiger partial charge in [0.05, 0.1) is 11.4 Å². The number of aromatic amines is 1. The number of carbonyl (C=O) groups excluding carboxylic acids is 1. The van der Waals surface area contributed by atoms with Crippen LogP contribution in [0.4, 0.5) is 4.79 Å². The van der Waals surface area contributed by atoms with E-state index in [1.54, 1.807) is 15.5 Å². The maximum Gasteiger partial charge on any atom is 0.410 e. The first-order valence-electron chi connectivity index (χ1n) is 12.6. The van der Waals surface area contributed by atoms with Gasteiger partial charge in [0.2, 0.25) is 0 Å². The van der Waals surface area contributed by atoms with Crippen LogP contribution in [-0.4, -0.2) is 54.4 Å². The average molecular weight is 483 g/mol. The Kier molecular flexibility index (Phi) is 6.14. The minimum absolute atomic E-state index is 0.0890. The van der Waals surface area contributed by atoms with Crippen molar-refractivity contribution in [3.8, 4) is 11.5 Å². The second kappa shape index (κ2) is 9.13. The van der Waals surface area contributed by atoms with E-state index in [1.807, 2.05) is 27.7 Å². The van der Waals surface area contributed by atoms with Crippen LogP contribution in [0.3, 0.4) is 0 Å². The van der Waals surface area contributed by atoms with Crippen molar-refractivity contribution in [2.24, 2.45) is 0 Å². The molecular weight excluding hydrogens is 448 g/mol. The zero-order valence-electron chi connectivity index (χ0n) is 21.0. The highest BCUT2D eigenvalue weighted by Gasteiger charge is 2.30. The molecule has 35 heavy (non-hydrogen) atoms. The number of hydrogen-bond donors (Lipinski definition) is 1. The maximum absolute atomic E-state index is 12.7. The van der Waals surface area contributed by atoms with Gasteiger partial charge in [-0.05, 0) is 53.4 Å². The number of H-pyrrole nitrogens is 1. The van der Waals surface area contributed by atoms with Gasteiger partial charge in [-0.3, -0.25) is 4.79 Å². The molecule has 0 unspecified atom stereocenters. The Morgan fingerprint density at radius 2 is 1.83 bits per heavy atom. The lowest BCUT2D eigenvalue weighted by Crippen LogP contribution is -2.41. The molecule has 0 bridgehead atoms. The molecule has 2 aliphatic rings. The Morgan fingerprint density at radius 3 is 2.51 bits per heavy atom. The standard InChI is InChI=1S/C25H34N6O4/c1-15-20(23-27-21(29-35-23)17-8-6-5-7-9-17)22-26-19(32)14-18(31(22)28-15)16-10-12-30(13-11-16)24(33)34-25(2,3)4/h14,16-17H,5-13H2,1-4H3,(H,26,32). The second-order valence-electron chi connectivity index (χ2n) is 10.8. The van der Waals surface area contributed by atoms with Crippen LogP contribution in [0, 0.1) is 6.92 Å². The number of fused-ring (bicyclic) bond motifs is 1. The molecule has 0 spiro atoms. The monoisotopic (exact) mass is 482 g/mol. The first-order chi connectivity index (χ1) is 16.7. The molecule has 0 aromatic carbocycles. The highest BCUT2D eigenvalue weighted by atomic mass is 16.6. The van der Waals surface area contributed by atoms with Gasteiger partial charge in [-0.25, -0.2) is 9.31 Å². The van der Waals surface area contributed by atoms with Gasteiger partial charge >= 0.3 is 6.09 Å². The van der Waals surface area contributed by atoms with E-state index in [0.717, 1.165) is 42.9 Å². The lowest BCUT2D eigenvalue weighted by molar-refractivity contribution is 0.0203. The van der Waals surface area contributed by atoms with Crippen molar-refractivity contribution in [3.05, 3.63) is 33.6 Å². The van der Waals surface area contributed by atoms with Crippen molar-refractivity contribution in [1.29, 1.82) is 0 Å². The number of carbonyl (C=O) groups is 1. The van der Waals surface area contributed by atoms with Crippen LogP contribution >= 0.6 is 0 Å². The number of nitrogens with zero attached hydrogens (tertiary/aromatic N) is 5. The summed E-state index contributed by atoms with van der Waals surface area (Å²) in [5, 5.41) is 9.01. The van der Waals surface area contributed by atoms with E-state index in [1.165, 1.54) is 19.3 Å². The Morgan fingerprint density at radius 1 is 1.11 bits per heavy atom. The maximum atomic E-state index is 12.7. The van der Waals surface area contributed by atoms with Gasteiger partial charge in [-0.1, -0.05) is 24.4 Å². The van der Waals surface area contributed by atoms with Gasteiger partial charge in [-0.15, -0.1) is 0 Å². The number of nitrogens with one attached hydrogen (secondary N) is 1. The van der Waals surface area contributed by atoms with Crippen LogP contribution in [0.2, 0.25) is 0 Å². The fraction of sp³-hybridized carbons (Fsp3) is 0.640. The number of amides is 1. The molecule has 1 N–H and O–H groups in total. The summed E-state index contributed by atoms with van der Waals surface area (Å²) >= 11 is 0. The molecule has 5 rings (SSSR count). The van der Waals surface area contributed by atoms with Crippen LogP contribution in [-0.2, 0) is 4.74 Å². The van der Waals surface area contributed by atoms with E-state index in [9.17, 15) is 9.59 Å². The predicted octanol–water partition coefficient (Wildman–Crippen LogP) is 4.54. The van der Waals surface area contributed by atoms with Crippen LogP contribution in [0.15, 0.2) is 15.4 Å². The van der Waals surface area contributed by atoms with Crippen molar-refractivity contribution in [2.45, 2.75) is 90.1 Å². The molecule has 1 amide bonds. The lowest BCUT2D eigenvalue weighted by atomic mass is 9.89. The predicted molar refractivity (Wildman–Crippen MR) is 129 cm³/mol. The molecule has 10 nitrogen and oxygen atoms in total. The van der Waals surface area contributed by atoms with E-state index < -0.39 is 5.60 Å². The summed E-state index contributed by atoms with van der Waals surface area (Å²) in [6, 6.07) is 1.61. The molecule has 10 heteroatoms. The number of aryl methyl sites for hydroxylation is 1. The number of piperidine rings is 1. The van der Waals surface area contributed by atoms with E-state index in [-0.39, 0.29) is 17.6 Å². The molecule has 0 radical (unpaired) electrons. The molecule has 1 saturated heterocycles. The zero-order chi connectivity index (χ0) is 24.7. The molecule has 2 fully saturated rings. The average Bonchev–Trinajstić information content (AvgIpc) is 3.42. The molecule has 3 aromatic heterocycles. The van der Waals surface area contributed by atoms with E-state index >= 15 is 0 Å². The SMILES string of the molecule is Cc1nn2c(C3CCN(C(=O)OC(C)(C)C)CC3)cc(=O)[nH]c2c1-c1nc(C2CCCCC2)no1. The lowest BCUT2D eigenvalue weighted by Gasteiger charge is -2.33. The van der Waals surface area contributed by atoms with Crippen LogP contribution in [0.5, 0.6) is 0 Å². The molecular formula is C25H34N6O4. The Hall–Kier alpha value is -3.17. The third kappa shape index (κ3) is 4.83. The molecule has 1 aliphatic carbocycles. The summed E-state index contributed by atoms with van der Waals surface area (Å²) in [6.45, 7) is 8.61. The van der Waals surface area contributed by atoms with Crippen molar-refractivity contribution < 1.29 is 14.1 Å². The first kappa shape index (κ1) is 23.6. The first-order valence-corrected chi connectivity index (χ1v) is 12.6. The fourth-order valence-corrected chi connectivity index (χ4v) is 5.27. The van der Waals surface area contributed by atoms with Crippen molar-refractivity contribution >= 4 is 11.7 Å². The van der Waals surface area contributed by atoms with Gasteiger partial charge in [0.25, 0.3) is 11.4 Å². The fourth-order valence-electron chi connectivity index (χ4n) is 5.27. The van der Waals surface area contributed by atoms with Gasteiger partial charge < -0.3 is 19.1 Å². The number of aromatic nitrogens is 5. The summed E-state index contributed by atoms with van der Waals surface area (Å²) in [4.78, 5) is 34.5. The second-order valence-corrected chi connectivity index (χ2v) is 10.8. The van der Waals surface area contributed by atoms with Crippen LogP contribution in [0.1, 0.15) is 94.8 Å². The van der Waals surface area contributed by atoms with E-state index in [4.69, 9.17) is 19.3 Å². The summed E-state index contributed by atoms with van der Waals surface area (Å²) in [7, 11) is 0. The van der Waals surface area contributed by atoms with E-state index in [2.05, 4.69) is 10.1 Å². The van der Waals surface area contributed by atoms with Gasteiger partial charge in [0, 0.05) is 31.0 Å². The Balaban J connectivity index is 1.41. The number of rotatable bonds is 3.